The van der Waals surface area contributed by atoms with Gasteiger partial charge in [-0.05, 0) is 101 Å². The second kappa shape index (κ2) is 14.7. The summed E-state index contributed by atoms with van der Waals surface area (Å²) in [5.74, 6) is -1.44. The van der Waals surface area contributed by atoms with Crippen LogP contribution in [0.15, 0.2) is 67.0 Å². The number of alkyl carbamates (subject to hydrolysis) is 1. The van der Waals surface area contributed by atoms with E-state index in [9.17, 15) is 24.0 Å². The molecule has 1 aliphatic heterocycles. The zero-order valence-electron chi connectivity index (χ0n) is 31.9. The summed E-state index contributed by atoms with van der Waals surface area (Å²) >= 11 is 12.7. The van der Waals surface area contributed by atoms with Gasteiger partial charge in [0.2, 0.25) is 11.9 Å². The maximum atomic E-state index is 14.4. The number of hydrogen-bond acceptors (Lipinski definition) is 9. The van der Waals surface area contributed by atoms with Gasteiger partial charge in [0, 0.05) is 41.4 Å². The molecule has 6 N–H and O–H groups in total. The number of carbonyl (C=O) groups is 5. The predicted octanol–water partition coefficient (Wildman–Crippen LogP) is 5.13. The largest absolute Gasteiger partial charge is 0.444 e. The Morgan fingerprint density at radius 3 is 2.12 bits per heavy atom. The van der Waals surface area contributed by atoms with Crippen LogP contribution in [0.25, 0.3) is 0 Å². The molecule has 3 aliphatic rings. The molecule has 1 atom stereocenters. The minimum absolute atomic E-state index is 0.100. The molecular weight excluding hydrogens is 773 g/mol. The number of nitrogens with zero attached hydrogens (tertiary/aromatic N) is 4. The van der Waals surface area contributed by atoms with Gasteiger partial charge >= 0.3 is 6.09 Å². The highest BCUT2D eigenvalue weighted by atomic mass is 35.5. The average molecular weight is 817 g/mol. The Balaban J connectivity index is 1.04. The molecule has 7 rings (SSSR count). The van der Waals surface area contributed by atoms with Crippen LogP contribution >= 0.6 is 23.2 Å². The van der Waals surface area contributed by atoms with Crippen LogP contribution in [0.1, 0.15) is 85.5 Å². The highest BCUT2D eigenvalue weighted by molar-refractivity contribution is 6.35. The summed E-state index contributed by atoms with van der Waals surface area (Å²) in [5.41, 5.74) is 4.84. The third kappa shape index (κ3) is 8.12. The van der Waals surface area contributed by atoms with Crippen LogP contribution in [0, 0.1) is 0 Å². The van der Waals surface area contributed by atoms with Crippen molar-refractivity contribution in [2.45, 2.75) is 82.0 Å². The Hall–Kier alpha value is -5.67. The van der Waals surface area contributed by atoms with E-state index in [0.29, 0.717) is 58.4 Å². The van der Waals surface area contributed by atoms with E-state index in [1.807, 2.05) is 12.1 Å². The lowest BCUT2D eigenvalue weighted by molar-refractivity contribution is -0.125. The van der Waals surface area contributed by atoms with Crippen molar-refractivity contribution in [3.63, 3.8) is 0 Å². The normalized spacial score (nSPS) is 18.6. The Kier molecular flexibility index (Phi) is 10.2. The third-order valence-corrected chi connectivity index (χ3v) is 10.6. The van der Waals surface area contributed by atoms with Gasteiger partial charge in [-0.3, -0.25) is 28.7 Å². The summed E-state index contributed by atoms with van der Waals surface area (Å²) < 4.78 is 6.79. The number of aromatic nitrogens is 3. The van der Waals surface area contributed by atoms with E-state index >= 15 is 0 Å². The lowest BCUT2D eigenvalue weighted by Gasteiger charge is -2.27. The second-order valence-electron chi connectivity index (χ2n) is 15.9. The first-order valence-corrected chi connectivity index (χ1v) is 19.3. The quantitative estimate of drug-likeness (QED) is 0.0950. The van der Waals surface area contributed by atoms with Crippen LogP contribution < -0.4 is 31.9 Å². The van der Waals surface area contributed by atoms with E-state index in [2.05, 4.69) is 31.2 Å². The van der Waals surface area contributed by atoms with Crippen LogP contribution in [0.4, 0.5) is 22.1 Å². The summed E-state index contributed by atoms with van der Waals surface area (Å²) in [4.78, 5) is 77.5. The number of hydrogen-bond donors (Lipinski definition) is 5. The van der Waals surface area contributed by atoms with Gasteiger partial charge in [-0.25, -0.2) is 14.7 Å². The first-order chi connectivity index (χ1) is 26.9. The summed E-state index contributed by atoms with van der Waals surface area (Å²) in [5, 5.41) is 12.0. The molecule has 2 aliphatic carbocycles. The number of nitrogens with two attached hydrogens (primary N) is 1. The number of imidazole rings is 1. The number of amides is 5. The van der Waals surface area contributed by atoms with Crippen LogP contribution in [-0.2, 0) is 31.8 Å². The molecule has 2 saturated carbocycles. The standard InChI is InChI=1S/C40H43Cl2N9O6/c1-37(2,3)57-36(56)45-16-15-44-31(52)24-7-10-30(46-21-24)39(11-12-39)49-33(54)40(13-14-40)48-32(53)29-22-47-35-50(28-18-25(41)17-26(42)19-28)34(55)38(4,51(29)35)20-23-5-8-27(43)9-6-23/h5-10,17-19,21-22H,11-16,20,43H2,1-4H3,(H,44,52)(H,45,56)(H,48,53)(H,49,54)/t38-/m1/s1. The fourth-order valence-corrected chi connectivity index (χ4v) is 7.47. The zero-order chi connectivity index (χ0) is 40.9. The maximum Gasteiger partial charge on any atom is 0.407 e. The van der Waals surface area contributed by atoms with Gasteiger partial charge in [0.25, 0.3) is 17.7 Å². The molecular formula is C40H43Cl2N9O6. The number of pyridine rings is 1. The Morgan fingerprint density at radius 2 is 1.53 bits per heavy atom. The number of carbonyl (C=O) groups excluding carboxylic acids is 5. The summed E-state index contributed by atoms with van der Waals surface area (Å²) in [6.07, 6.45) is 4.54. The van der Waals surface area contributed by atoms with E-state index in [0.717, 1.165) is 5.56 Å². The van der Waals surface area contributed by atoms with Crippen molar-refractivity contribution < 1.29 is 28.7 Å². The molecule has 17 heteroatoms. The number of nitrogens with one attached hydrogen (secondary N) is 4. The molecule has 0 radical (unpaired) electrons. The molecule has 2 aromatic carbocycles. The molecule has 0 spiro atoms. The van der Waals surface area contributed by atoms with E-state index in [1.54, 1.807) is 74.7 Å². The fraction of sp³-hybridized carbons (Fsp3) is 0.375. The van der Waals surface area contributed by atoms with Gasteiger partial charge < -0.3 is 31.7 Å². The van der Waals surface area contributed by atoms with Crippen LogP contribution in [0.2, 0.25) is 10.0 Å². The summed E-state index contributed by atoms with van der Waals surface area (Å²) in [6, 6.07) is 15.2. The van der Waals surface area contributed by atoms with Crippen LogP contribution in [0.3, 0.4) is 0 Å². The second-order valence-corrected chi connectivity index (χ2v) is 16.8. The highest BCUT2D eigenvalue weighted by Gasteiger charge is 2.57. The average Bonchev–Trinajstić information content (AvgIpc) is 4.05. The lowest BCUT2D eigenvalue weighted by Crippen LogP contribution is -2.52. The lowest BCUT2D eigenvalue weighted by atomic mass is 9.91. The molecule has 57 heavy (non-hydrogen) atoms. The molecule has 0 saturated heterocycles. The predicted molar refractivity (Wildman–Crippen MR) is 213 cm³/mol. The Labute approximate surface area is 339 Å². The number of nitrogen functional groups attached to an aromatic ring is 1. The first kappa shape index (κ1) is 39.6. The van der Waals surface area contributed by atoms with Crippen molar-refractivity contribution in [2.75, 3.05) is 23.7 Å². The van der Waals surface area contributed by atoms with E-state index in [1.165, 1.54) is 17.3 Å². The smallest absolute Gasteiger partial charge is 0.407 e. The van der Waals surface area contributed by atoms with Crippen molar-refractivity contribution in [2.24, 2.45) is 0 Å². The Bertz CT molecular complexity index is 2240. The van der Waals surface area contributed by atoms with Crippen molar-refractivity contribution >= 4 is 70.2 Å². The van der Waals surface area contributed by atoms with Crippen molar-refractivity contribution in [3.05, 3.63) is 99.6 Å². The molecule has 15 nitrogen and oxygen atoms in total. The number of halogens is 2. The van der Waals surface area contributed by atoms with Gasteiger partial charge in [0.05, 0.1) is 28.7 Å². The molecule has 2 aromatic heterocycles. The van der Waals surface area contributed by atoms with Crippen LogP contribution in [0.5, 0.6) is 0 Å². The van der Waals surface area contributed by atoms with Gasteiger partial charge in [-0.15, -0.1) is 0 Å². The molecule has 2 fully saturated rings. The monoisotopic (exact) mass is 815 g/mol. The molecule has 298 valence electrons. The fourth-order valence-electron chi connectivity index (χ4n) is 6.95. The molecule has 5 amide bonds. The number of anilines is 3. The van der Waals surface area contributed by atoms with Gasteiger partial charge in [-0.1, -0.05) is 35.3 Å². The van der Waals surface area contributed by atoms with E-state index < -0.39 is 34.2 Å². The van der Waals surface area contributed by atoms with Crippen molar-refractivity contribution in [1.82, 2.24) is 35.8 Å². The number of benzene rings is 2. The van der Waals surface area contributed by atoms with E-state index in [-0.39, 0.29) is 48.9 Å². The highest BCUT2D eigenvalue weighted by Crippen LogP contribution is 2.47. The number of fused-ring (bicyclic) bond motifs is 1. The SMILES string of the molecule is CC(C)(C)OC(=O)NCCNC(=O)c1ccc(C2(NC(=O)C3(NC(=O)c4cnc5n4[C@](C)(Cc4ccc(N)cc4)C(=O)N5c4cc(Cl)cc(Cl)c4)CC3)CC2)nc1. The number of ether oxygens (including phenoxy) is 1. The zero-order valence-corrected chi connectivity index (χ0v) is 33.4. The molecule has 3 heterocycles. The van der Waals surface area contributed by atoms with Gasteiger partial charge in [-0.2, -0.15) is 0 Å². The molecule has 0 bridgehead atoms. The van der Waals surface area contributed by atoms with Crippen molar-refractivity contribution in [3.8, 4) is 0 Å². The molecule has 4 aromatic rings. The Morgan fingerprint density at radius 1 is 0.860 bits per heavy atom. The van der Waals surface area contributed by atoms with E-state index in [4.69, 9.17) is 33.7 Å². The molecule has 0 unspecified atom stereocenters. The van der Waals surface area contributed by atoms with Gasteiger partial charge in [0.1, 0.15) is 22.4 Å². The maximum absolute atomic E-state index is 14.4. The first-order valence-electron chi connectivity index (χ1n) is 18.5. The number of rotatable bonds is 12. The summed E-state index contributed by atoms with van der Waals surface area (Å²) in [6.45, 7) is 7.39. The van der Waals surface area contributed by atoms with Gasteiger partial charge in [0.15, 0.2) is 0 Å². The van der Waals surface area contributed by atoms with Crippen LogP contribution in [-0.4, -0.2) is 68.5 Å². The summed E-state index contributed by atoms with van der Waals surface area (Å²) in [7, 11) is 0. The van der Waals surface area contributed by atoms with Crippen molar-refractivity contribution in [1.29, 1.82) is 0 Å². The topological polar surface area (TPSA) is 203 Å². The minimum atomic E-state index is -1.31. The third-order valence-electron chi connectivity index (χ3n) is 10.2. The minimum Gasteiger partial charge on any atom is -0.444 e.